The van der Waals surface area contributed by atoms with Crippen LogP contribution in [-0.4, -0.2) is 100 Å². The SMILES string of the molecule is CCCCCCCCC/C=C/CC/C=C/C(O)C(COC1OC(CO)C(O)C(O)C1O)NC(=O)CCCCCCCCCCCCCCCCOC(=O)CCCCCCCCCCCCC. The molecule has 7 atom stereocenters. The lowest BCUT2D eigenvalue weighted by molar-refractivity contribution is -0.302. The summed E-state index contributed by atoms with van der Waals surface area (Å²) in [5.74, 6) is -0.226. The summed E-state index contributed by atoms with van der Waals surface area (Å²) in [6.07, 6.45) is 42.5. The van der Waals surface area contributed by atoms with Crippen LogP contribution in [0.4, 0.5) is 0 Å². The second-order valence-electron chi connectivity index (χ2n) is 19.3. The molecule has 11 nitrogen and oxygen atoms in total. The van der Waals surface area contributed by atoms with Crippen molar-refractivity contribution < 1.29 is 49.3 Å². The zero-order valence-corrected chi connectivity index (χ0v) is 42.4. The van der Waals surface area contributed by atoms with Crippen LogP contribution >= 0.6 is 0 Å². The Kier molecular flexibility index (Phi) is 42.9. The first-order valence-corrected chi connectivity index (χ1v) is 27.6. The van der Waals surface area contributed by atoms with E-state index in [9.17, 15) is 35.1 Å². The first kappa shape index (κ1) is 62.2. The number of aliphatic hydroxyl groups excluding tert-OH is 5. The molecule has 388 valence electrons. The van der Waals surface area contributed by atoms with Gasteiger partial charge in [0.05, 0.1) is 32.0 Å². The summed E-state index contributed by atoms with van der Waals surface area (Å²) in [4.78, 5) is 25.0. The maximum atomic E-state index is 13.0. The van der Waals surface area contributed by atoms with Crippen molar-refractivity contribution in [3.8, 4) is 0 Å². The minimum atomic E-state index is -1.58. The molecule has 1 saturated heterocycles. The van der Waals surface area contributed by atoms with Gasteiger partial charge in [-0.1, -0.05) is 218 Å². The molecule has 1 aliphatic heterocycles. The van der Waals surface area contributed by atoms with Gasteiger partial charge in [-0.2, -0.15) is 0 Å². The van der Waals surface area contributed by atoms with E-state index in [1.54, 1.807) is 6.08 Å². The number of hydrogen-bond acceptors (Lipinski definition) is 10. The molecule has 0 bridgehead atoms. The number of aliphatic hydroxyl groups is 5. The Balaban J connectivity index is 2.17. The second-order valence-corrected chi connectivity index (χ2v) is 19.3. The van der Waals surface area contributed by atoms with E-state index in [0.717, 1.165) is 70.6 Å². The number of carbonyl (C=O) groups is 2. The summed E-state index contributed by atoms with van der Waals surface area (Å²) < 4.78 is 16.7. The molecule has 0 aromatic carbocycles. The van der Waals surface area contributed by atoms with Gasteiger partial charge in [0.1, 0.15) is 24.4 Å². The van der Waals surface area contributed by atoms with Crippen molar-refractivity contribution in [1.29, 1.82) is 0 Å². The number of amides is 1. The van der Waals surface area contributed by atoms with Gasteiger partial charge in [0, 0.05) is 12.8 Å². The predicted molar refractivity (Wildman–Crippen MR) is 269 cm³/mol. The first-order chi connectivity index (χ1) is 32.2. The number of esters is 1. The number of allylic oxidation sites excluding steroid dienone is 3. The monoisotopic (exact) mass is 938 g/mol. The highest BCUT2D eigenvalue weighted by Gasteiger charge is 2.44. The van der Waals surface area contributed by atoms with Crippen molar-refractivity contribution >= 4 is 11.9 Å². The van der Waals surface area contributed by atoms with Gasteiger partial charge in [-0.3, -0.25) is 9.59 Å². The fourth-order valence-corrected chi connectivity index (χ4v) is 8.63. The number of nitrogens with one attached hydrogen (secondary N) is 1. The summed E-state index contributed by atoms with van der Waals surface area (Å²) in [5, 5.41) is 54.3. The van der Waals surface area contributed by atoms with Crippen LogP contribution in [0, 0.1) is 0 Å². The minimum absolute atomic E-state index is 0.0241. The van der Waals surface area contributed by atoms with Gasteiger partial charge in [0.2, 0.25) is 5.91 Å². The summed E-state index contributed by atoms with van der Waals surface area (Å²) in [7, 11) is 0. The van der Waals surface area contributed by atoms with Gasteiger partial charge in [0.25, 0.3) is 0 Å². The third kappa shape index (κ3) is 35.3. The van der Waals surface area contributed by atoms with E-state index in [-0.39, 0.29) is 18.5 Å². The molecule has 1 heterocycles. The maximum absolute atomic E-state index is 13.0. The van der Waals surface area contributed by atoms with E-state index in [4.69, 9.17) is 14.2 Å². The lowest BCUT2D eigenvalue weighted by Gasteiger charge is -2.40. The highest BCUT2D eigenvalue weighted by atomic mass is 16.7. The number of hydrogen-bond donors (Lipinski definition) is 6. The predicted octanol–water partition coefficient (Wildman–Crippen LogP) is 11.8. The molecular weight excluding hydrogens is 835 g/mol. The average molecular weight is 938 g/mol. The van der Waals surface area contributed by atoms with E-state index < -0.39 is 49.5 Å². The van der Waals surface area contributed by atoms with Crippen molar-refractivity contribution in [3.05, 3.63) is 24.3 Å². The molecule has 1 aliphatic rings. The topological polar surface area (TPSA) is 175 Å². The largest absolute Gasteiger partial charge is 0.466 e. The molecule has 7 unspecified atom stereocenters. The van der Waals surface area contributed by atoms with Crippen LogP contribution in [0.1, 0.15) is 251 Å². The van der Waals surface area contributed by atoms with Crippen LogP contribution in [0.5, 0.6) is 0 Å². The fourth-order valence-electron chi connectivity index (χ4n) is 8.63. The molecule has 0 saturated carbocycles. The zero-order chi connectivity index (χ0) is 48.1. The lowest BCUT2D eigenvalue weighted by atomic mass is 9.99. The Morgan fingerprint density at radius 2 is 0.985 bits per heavy atom. The van der Waals surface area contributed by atoms with Gasteiger partial charge in [-0.15, -0.1) is 0 Å². The molecule has 0 spiro atoms. The van der Waals surface area contributed by atoms with Crippen molar-refractivity contribution in [1.82, 2.24) is 5.32 Å². The molecule has 11 heteroatoms. The molecule has 1 amide bonds. The average Bonchev–Trinajstić information content (AvgIpc) is 3.31. The van der Waals surface area contributed by atoms with Crippen molar-refractivity contribution in [2.24, 2.45) is 0 Å². The van der Waals surface area contributed by atoms with Gasteiger partial charge >= 0.3 is 5.97 Å². The Hall–Kier alpha value is -1.86. The molecular formula is C55H103NO10. The molecule has 0 aliphatic carbocycles. The third-order valence-electron chi connectivity index (χ3n) is 13.1. The lowest BCUT2D eigenvalue weighted by Crippen LogP contribution is -2.60. The van der Waals surface area contributed by atoms with Gasteiger partial charge < -0.3 is 45.1 Å². The van der Waals surface area contributed by atoms with Crippen LogP contribution < -0.4 is 5.32 Å². The highest BCUT2D eigenvalue weighted by Crippen LogP contribution is 2.23. The minimum Gasteiger partial charge on any atom is -0.466 e. The third-order valence-corrected chi connectivity index (χ3v) is 13.1. The summed E-state index contributed by atoms with van der Waals surface area (Å²) >= 11 is 0. The Morgan fingerprint density at radius 3 is 1.50 bits per heavy atom. The van der Waals surface area contributed by atoms with E-state index in [2.05, 4.69) is 31.3 Å². The van der Waals surface area contributed by atoms with Crippen molar-refractivity contribution in [3.63, 3.8) is 0 Å². The number of rotatable bonds is 47. The van der Waals surface area contributed by atoms with Crippen LogP contribution in [0.25, 0.3) is 0 Å². The van der Waals surface area contributed by atoms with Gasteiger partial charge in [-0.05, 0) is 44.9 Å². The van der Waals surface area contributed by atoms with Gasteiger partial charge in [-0.25, -0.2) is 0 Å². The summed E-state index contributed by atoms with van der Waals surface area (Å²) in [6, 6.07) is -0.834. The van der Waals surface area contributed by atoms with Crippen LogP contribution in [0.2, 0.25) is 0 Å². The molecule has 1 fully saturated rings. The van der Waals surface area contributed by atoms with Crippen molar-refractivity contribution in [2.45, 2.75) is 294 Å². The molecule has 0 aromatic heterocycles. The van der Waals surface area contributed by atoms with E-state index in [1.807, 2.05) is 6.08 Å². The van der Waals surface area contributed by atoms with E-state index >= 15 is 0 Å². The standard InChI is InChI=1S/C55H103NO10/c1-3-5-7-9-11-13-15-18-22-25-29-33-37-41-48(58)47(46-65-55-54(63)53(62)52(61)49(45-57)66-55)56-50(59)42-38-34-30-26-23-19-16-17-20-24-28-32-36-40-44-64-51(60)43-39-35-31-27-21-14-12-10-8-6-4-2/h22,25,37,41,47-49,52-55,57-58,61-63H,3-21,23-24,26-36,38-40,42-46H2,1-2H3,(H,56,59)/b25-22+,41-37+. The van der Waals surface area contributed by atoms with E-state index in [0.29, 0.717) is 19.4 Å². The van der Waals surface area contributed by atoms with Crippen LogP contribution in [0.15, 0.2) is 24.3 Å². The number of unbranched alkanes of at least 4 members (excludes halogenated alkanes) is 31. The quantitative estimate of drug-likeness (QED) is 0.0196. The van der Waals surface area contributed by atoms with Crippen molar-refractivity contribution in [2.75, 3.05) is 19.8 Å². The smallest absolute Gasteiger partial charge is 0.305 e. The normalized spacial score (nSPS) is 19.8. The summed E-state index contributed by atoms with van der Waals surface area (Å²) in [5.41, 5.74) is 0. The molecule has 0 radical (unpaired) electrons. The maximum Gasteiger partial charge on any atom is 0.305 e. The first-order valence-electron chi connectivity index (χ1n) is 27.6. The van der Waals surface area contributed by atoms with Crippen LogP contribution in [0.3, 0.4) is 0 Å². The number of ether oxygens (including phenoxy) is 3. The Morgan fingerprint density at radius 1 is 0.545 bits per heavy atom. The number of carbonyl (C=O) groups excluding carboxylic acids is 2. The van der Waals surface area contributed by atoms with Gasteiger partial charge in [0.15, 0.2) is 6.29 Å². The molecule has 66 heavy (non-hydrogen) atoms. The highest BCUT2D eigenvalue weighted by molar-refractivity contribution is 5.76. The Bertz CT molecular complexity index is 1150. The van der Waals surface area contributed by atoms with Crippen LogP contribution in [-0.2, 0) is 23.8 Å². The molecule has 0 aromatic rings. The zero-order valence-electron chi connectivity index (χ0n) is 42.4. The summed E-state index contributed by atoms with van der Waals surface area (Å²) in [6.45, 7) is 4.28. The Labute approximate surface area is 403 Å². The second kappa shape index (κ2) is 45.6. The van der Waals surface area contributed by atoms with E-state index in [1.165, 1.54) is 154 Å². The fraction of sp³-hybridized carbons (Fsp3) is 0.891. The molecule has 1 rings (SSSR count). The molecule has 6 N–H and O–H groups in total.